The molecule has 0 unspecified atom stereocenters. The van der Waals surface area contributed by atoms with E-state index in [2.05, 4.69) is 20.9 Å². The largest absolute Gasteiger partial charge is 1.00 e. The summed E-state index contributed by atoms with van der Waals surface area (Å²) in [4.78, 5) is 31.6. The number of carbonyl (C=O) groups excluding carboxylic acids is 2. The number of aliphatic hydroxyl groups is 1. The fraction of sp³-hybridized carbons (Fsp3) is 0.438. The summed E-state index contributed by atoms with van der Waals surface area (Å²) in [7, 11) is 0. The van der Waals surface area contributed by atoms with Crippen molar-refractivity contribution in [3.8, 4) is 0 Å². The molecular weight excluding hydrogens is 465 g/mol. The van der Waals surface area contributed by atoms with E-state index in [1.165, 1.54) is 28.0 Å². The van der Waals surface area contributed by atoms with Gasteiger partial charge in [-0.3, -0.25) is 9.20 Å². The SMILES string of the molecule is CSc1nc(Br)n2cc(C3=C(C(=O)[O-])N4C(=O)[C@H]([C@@H](C)O)[C@H]4[C@H]3C)sc12.[Na+]. The molecule has 0 aliphatic carbocycles. The number of nitrogens with zero attached hydrogens (tertiary/aromatic N) is 3. The number of imidazole rings is 1. The third-order valence-corrected chi connectivity index (χ3v) is 7.56. The number of amides is 1. The molecule has 0 bridgehead atoms. The zero-order chi connectivity index (χ0) is 18.9. The van der Waals surface area contributed by atoms with Gasteiger partial charge in [-0.25, -0.2) is 4.98 Å². The van der Waals surface area contributed by atoms with Crippen LogP contribution in [0.5, 0.6) is 0 Å². The minimum Gasteiger partial charge on any atom is -0.543 e. The molecule has 2 aromatic heterocycles. The van der Waals surface area contributed by atoms with Gasteiger partial charge in [-0.1, -0.05) is 6.92 Å². The average molecular weight is 480 g/mol. The summed E-state index contributed by atoms with van der Waals surface area (Å²) in [5.74, 6) is -2.53. The maximum Gasteiger partial charge on any atom is 1.00 e. The van der Waals surface area contributed by atoms with Gasteiger partial charge in [0, 0.05) is 17.7 Å². The number of β-lactam (4-membered cyclic amide) rings is 1. The van der Waals surface area contributed by atoms with E-state index in [0.717, 1.165) is 14.7 Å². The fourth-order valence-corrected chi connectivity index (χ4v) is 6.61. The first-order chi connectivity index (χ1) is 12.3. The summed E-state index contributed by atoms with van der Waals surface area (Å²) in [5, 5.41) is 22.6. The van der Waals surface area contributed by atoms with Crippen molar-refractivity contribution in [1.82, 2.24) is 14.3 Å². The van der Waals surface area contributed by atoms with Gasteiger partial charge < -0.3 is 19.9 Å². The molecule has 4 rings (SSSR count). The fourth-order valence-electron chi connectivity index (χ4n) is 3.97. The monoisotopic (exact) mass is 479 g/mol. The number of carboxylic acid groups (broad SMARTS) is 1. The molecule has 1 N–H and O–H groups in total. The zero-order valence-corrected chi connectivity index (χ0v) is 20.3. The van der Waals surface area contributed by atoms with E-state index in [1.807, 2.05) is 23.8 Å². The van der Waals surface area contributed by atoms with Gasteiger partial charge in [0.15, 0.2) is 4.73 Å². The van der Waals surface area contributed by atoms with Gasteiger partial charge in [-0.2, -0.15) is 0 Å². The summed E-state index contributed by atoms with van der Waals surface area (Å²) < 4.78 is 2.50. The predicted octanol–water partition coefficient (Wildman–Crippen LogP) is -1.80. The van der Waals surface area contributed by atoms with E-state index >= 15 is 0 Å². The number of hydrogen-bond acceptors (Lipinski definition) is 7. The van der Waals surface area contributed by atoms with Crippen molar-refractivity contribution in [3.63, 3.8) is 0 Å². The molecule has 138 valence electrons. The molecule has 1 fully saturated rings. The van der Waals surface area contributed by atoms with Crippen LogP contribution in [0, 0.1) is 11.8 Å². The Balaban J connectivity index is 0.00000210. The second kappa shape index (κ2) is 7.47. The van der Waals surface area contributed by atoms with Gasteiger partial charge in [0.2, 0.25) is 5.91 Å². The minimum absolute atomic E-state index is 0. The van der Waals surface area contributed by atoms with E-state index in [0.29, 0.717) is 10.3 Å². The average Bonchev–Trinajstić information content (AvgIpc) is 3.17. The molecule has 11 heteroatoms. The van der Waals surface area contributed by atoms with Gasteiger partial charge in [-0.15, -0.1) is 23.1 Å². The third kappa shape index (κ3) is 2.95. The molecule has 2 aliphatic heterocycles. The van der Waals surface area contributed by atoms with Crippen molar-refractivity contribution >= 4 is 61.3 Å². The molecule has 4 atom stereocenters. The molecule has 4 heterocycles. The first-order valence-electron chi connectivity index (χ1n) is 7.96. The quantitative estimate of drug-likeness (QED) is 0.315. The van der Waals surface area contributed by atoms with Crippen LogP contribution in [0.3, 0.4) is 0 Å². The predicted molar refractivity (Wildman–Crippen MR) is 99.4 cm³/mol. The zero-order valence-electron chi connectivity index (χ0n) is 15.1. The maximum absolute atomic E-state index is 12.4. The number of aromatic nitrogens is 2. The number of carboxylic acids is 1. The standard InChI is InChI=1S/C16H16BrN3O4S2.Na/c1-5-8(7-4-19-14(26-7)12(25-3)18-16(19)17)11(15(23)24)20-10(5)9(6(2)21)13(20)22;/h4-6,9-10,21H,1-3H3,(H,23,24);/q;+1/p-1/t5-,6+,9+,10+;/m0./s1. The first kappa shape index (κ1) is 21.4. The molecule has 0 radical (unpaired) electrons. The van der Waals surface area contributed by atoms with Crippen LogP contribution >= 0.6 is 39.0 Å². The molecule has 1 amide bonds. The van der Waals surface area contributed by atoms with Crippen LogP contribution < -0.4 is 34.7 Å². The first-order valence-corrected chi connectivity index (χ1v) is 10.8. The Labute approximate surface area is 194 Å². The molecule has 0 spiro atoms. The van der Waals surface area contributed by atoms with Gasteiger partial charge in [0.05, 0.1) is 34.6 Å². The number of halogens is 1. The molecule has 1 saturated heterocycles. The van der Waals surface area contributed by atoms with E-state index in [-0.39, 0.29) is 53.1 Å². The second-order valence-corrected chi connectivity index (χ2v) is 9.00. The van der Waals surface area contributed by atoms with Crippen LogP contribution in [0.4, 0.5) is 0 Å². The Morgan fingerprint density at radius 1 is 1.52 bits per heavy atom. The van der Waals surface area contributed by atoms with Crippen LogP contribution in [-0.2, 0) is 9.59 Å². The van der Waals surface area contributed by atoms with Crippen LogP contribution in [0.1, 0.15) is 18.7 Å². The van der Waals surface area contributed by atoms with Crippen LogP contribution in [0.2, 0.25) is 0 Å². The molecular formula is C16H15BrN3NaO4S2. The van der Waals surface area contributed by atoms with Crippen molar-refractivity contribution < 1.29 is 49.4 Å². The summed E-state index contributed by atoms with van der Waals surface area (Å²) in [5.41, 5.74) is 0.503. The molecule has 27 heavy (non-hydrogen) atoms. The molecule has 7 nitrogen and oxygen atoms in total. The second-order valence-electron chi connectivity index (χ2n) is 6.46. The van der Waals surface area contributed by atoms with E-state index in [9.17, 15) is 19.8 Å². The third-order valence-electron chi connectivity index (χ3n) is 5.07. The van der Waals surface area contributed by atoms with Gasteiger partial charge in [0.25, 0.3) is 0 Å². The summed E-state index contributed by atoms with van der Waals surface area (Å²) in [6, 6.07) is -0.353. The van der Waals surface area contributed by atoms with Gasteiger partial charge in [-0.05, 0) is 29.1 Å². The number of fused-ring (bicyclic) bond motifs is 2. The van der Waals surface area contributed by atoms with Crippen molar-refractivity contribution in [2.45, 2.75) is 31.0 Å². The summed E-state index contributed by atoms with van der Waals surface area (Å²) in [6.07, 6.45) is 2.93. The van der Waals surface area contributed by atoms with Crippen LogP contribution in [0.25, 0.3) is 10.4 Å². The number of thiazole rings is 1. The number of hydrogen-bond donors (Lipinski definition) is 1. The maximum atomic E-state index is 12.4. The van der Waals surface area contributed by atoms with Gasteiger partial charge >= 0.3 is 29.6 Å². The van der Waals surface area contributed by atoms with Gasteiger partial charge in [0.1, 0.15) is 9.86 Å². The van der Waals surface area contributed by atoms with Crippen molar-refractivity contribution in [3.05, 3.63) is 21.5 Å². The number of aliphatic hydroxyl groups excluding tert-OH is 1. The van der Waals surface area contributed by atoms with E-state index in [4.69, 9.17) is 0 Å². The van der Waals surface area contributed by atoms with Crippen molar-refractivity contribution in [1.29, 1.82) is 0 Å². The topological polar surface area (TPSA) is 98.0 Å². The Kier molecular flexibility index (Phi) is 5.91. The number of carbonyl (C=O) groups is 2. The number of thioether (sulfide) groups is 1. The summed E-state index contributed by atoms with van der Waals surface area (Å²) in [6.45, 7) is 3.45. The Morgan fingerprint density at radius 2 is 2.19 bits per heavy atom. The number of aliphatic carboxylic acids is 1. The molecule has 0 saturated carbocycles. The number of rotatable bonds is 4. The van der Waals surface area contributed by atoms with Crippen LogP contribution in [-0.4, -0.2) is 49.7 Å². The Hall–Kier alpha value is -0.360. The van der Waals surface area contributed by atoms with E-state index < -0.39 is 18.0 Å². The van der Waals surface area contributed by atoms with Crippen LogP contribution in [0.15, 0.2) is 21.7 Å². The smallest absolute Gasteiger partial charge is 0.543 e. The Bertz CT molecular complexity index is 986. The summed E-state index contributed by atoms with van der Waals surface area (Å²) >= 11 is 6.36. The normalized spacial score (nSPS) is 25.4. The molecule has 0 aromatic carbocycles. The molecule has 2 aromatic rings. The Morgan fingerprint density at radius 3 is 2.74 bits per heavy atom. The minimum atomic E-state index is -1.37. The van der Waals surface area contributed by atoms with E-state index in [1.54, 1.807) is 6.92 Å². The molecule has 2 aliphatic rings. The van der Waals surface area contributed by atoms with Crippen molar-refractivity contribution in [2.24, 2.45) is 11.8 Å². The van der Waals surface area contributed by atoms with Crippen molar-refractivity contribution in [2.75, 3.05) is 6.26 Å².